The van der Waals surface area contributed by atoms with Crippen molar-refractivity contribution in [1.82, 2.24) is 9.36 Å². The maximum Gasteiger partial charge on any atom is 0.168 e. The summed E-state index contributed by atoms with van der Waals surface area (Å²) in [6.45, 7) is 4.49. The number of hydrogen-bond donors (Lipinski definition) is 4. The summed E-state index contributed by atoms with van der Waals surface area (Å²) in [6.07, 6.45) is 16.9. The van der Waals surface area contributed by atoms with Crippen molar-refractivity contribution in [3.05, 3.63) is 10.8 Å². The number of thiol groups is 4. The van der Waals surface area contributed by atoms with Gasteiger partial charge in [0.25, 0.3) is 0 Å². The zero-order chi connectivity index (χ0) is 20.2. The molecule has 1 heterocycles. The van der Waals surface area contributed by atoms with Crippen molar-refractivity contribution in [3.8, 4) is 0 Å². The molecule has 0 N–H and O–H groups in total. The Balaban J connectivity index is 2.44. The number of rotatable bonds is 16. The maximum atomic E-state index is 4.77. The highest BCUT2D eigenvalue weighted by atomic mass is 32.2. The van der Waals surface area contributed by atoms with Crippen molar-refractivity contribution >= 4 is 62.0 Å². The van der Waals surface area contributed by atoms with Crippen molar-refractivity contribution in [2.45, 2.75) is 112 Å². The summed E-state index contributed by atoms with van der Waals surface area (Å²) in [7, 11) is 0. The van der Waals surface area contributed by atoms with Crippen molar-refractivity contribution in [2.24, 2.45) is 0 Å². The third kappa shape index (κ3) is 10.5. The fourth-order valence-corrected chi connectivity index (χ4v) is 5.13. The molecule has 0 saturated carbocycles. The van der Waals surface area contributed by atoms with E-state index in [0.717, 1.165) is 30.7 Å². The van der Waals surface area contributed by atoms with Gasteiger partial charge in [-0.1, -0.05) is 90.9 Å². The molecule has 0 saturated heterocycles. The third-order valence-corrected chi connectivity index (χ3v) is 7.78. The van der Waals surface area contributed by atoms with Gasteiger partial charge in [0.1, 0.15) is 13.2 Å². The summed E-state index contributed by atoms with van der Waals surface area (Å²) in [5.74, 6) is 0.707. The monoisotopic (exact) mass is 466 g/mol. The molecule has 0 aliphatic heterocycles. The van der Waals surface area contributed by atoms with E-state index in [9.17, 15) is 0 Å². The highest BCUT2D eigenvalue weighted by Crippen LogP contribution is 2.42. The molecular formula is C20H38N2S5. The average molecular weight is 467 g/mol. The van der Waals surface area contributed by atoms with E-state index >= 15 is 0 Å². The van der Waals surface area contributed by atoms with Gasteiger partial charge < -0.3 is 0 Å². The van der Waals surface area contributed by atoms with Crippen LogP contribution in [0.3, 0.4) is 0 Å². The number of hydrogen-bond acceptors (Lipinski definition) is 7. The minimum atomic E-state index is -0.572. The first-order valence-corrected chi connectivity index (χ1v) is 13.1. The predicted octanol–water partition coefficient (Wildman–Crippen LogP) is 8.06. The summed E-state index contributed by atoms with van der Waals surface area (Å²) >= 11 is 20.4. The average Bonchev–Trinajstić information content (AvgIpc) is 3.13. The zero-order valence-electron chi connectivity index (χ0n) is 17.0. The first-order chi connectivity index (χ1) is 12.8. The Kier molecular flexibility index (Phi) is 13.5. The molecule has 0 radical (unpaired) electrons. The van der Waals surface area contributed by atoms with E-state index in [4.69, 9.17) is 55.5 Å². The predicted molar refractivity (Wildman–Crippen MR) is 135 cm³/mol. The topological polar surface area (TPSA) is 25.8 Å². The van der Waals surface area contributed by atoms with Crippen LogP contribution in [0.4, 0.5) is 0 Å². The van der Waals surface area contributed by atoms with Gasteiger partial charge in [-0.3, -0.25) is 0 Å². The first-order valence-electron chi connectivity index (χ1n) is 10.6. The molecular weight excluding hydrogens is 429 g/mol. The SMILES string of the molecule is CCCCCCCCC(S)(S)c1nsc(C(S)(S)CCCCCCCC)n1. The minimum absolute atomic E-state index is 0.515. The Bertz CT molecular complexity index is 460. The van der Waals surface area contributed by atoms with Gasteiger partial charge in [-0.25, -0.2) is 4.98 Å². The maximum absolute atomic E-state index is 4.77. The second kappa shape index (κ2) is 14.1. The Morgan fingerprint density at radius 1 is 0.667 bits per heavy atom. The van der Waals surface area contributed by atoms with Gasteiger partial charge >= 0.3 is 0 Å². The summed E-state index contributed by atoms with van der Waals surface area (Å²) in [5, 5.41) is 0.869. The van der Waals surface area contributed by atoms with Gasteiger partial charge in [0, 0.05) is 0 Å². The molecule has 0 spiro atoms. The smallest absolute Gasteiger partial charge is 0.168 e. The van der Waals surface area contributed by atoms with E-state index in [-0.39, 0.29) is 0 Å². The Morgan fingerprint density at radius 2 is 1.11 bits per heavy atom. The van der Waals surface area contributed by atoms with E-state index in [0.29, 0.717) is 5.82 Å². The van der Waals surface area contributed by atoms with Crippen molar-refractivity contribution in [2.75, 3.05) is 0 Å². The molecule has 0 fully saturated rings. The molecule has 1 aromatic rings. The molecule has 1 aromatic heterocycles. The van der Waals surface area contributed by atoms with Gasteiger partial charge in [0.05, 0.1) is 0 Å². The zero-order valence-corrected chi connectivity index (χ0v) is 21.4. The lowest BCUT2D eigenvalue weighted by atomic mass is 10.1. The van der Waals surface area contributed by atoms with Crippen LogP contribution in [-0.2, 0) is 8.16 Å². The van der Waals surface area contributed by atoms with E-state index < -0.39 is 8.16 Å². The number of aromatic nitrogens is 2. The van der Waals surface area contributed by atoms with Gasteiger partial charge in [-0.15, -0.1) is 0 Å². The Labute approximate surface area is 193 Å². The molecule has 0 aliphatic rings. The minimum Gasteiger partial charge on any atom is -0.220 e. The van der Waals surface area contributed by atoms with Crippen molar-refractivity contribution in [3.63, 3.8) is 0 Å². The van der Waals surface area contributed by atoms with Gasteiger partial charge in [0.2, 0.25) is 0 Å². The van der Waals surface area contributed by atoms with Crippen molar-refractivity contribution in [1.29, 1.82) is 0 Å². The second-order valence-electron chi connectivity index (χ2n) is 7.59. The quantitative estimate of drug-likeness (QED) is 0.113. The fraction of sp³-hybridized carbons (Fsp3) is 0.900. The molecule has 27 heavy (non-hydrogen) atoms. The molecule has 1 rings (SSSR count). The van der Waals surface area contributed by atoms with E-state index in [2.05, 4.69) is 18.2 Å². The van der Waals surface area contributed by atoms with Gasteiger partial charge in [-0.05, 0) is 24.4 Å². The Hall–Kier alpha value is 0.960. The van der Waals surface area contributed by atoms with Gasteiger partial charge in [0.15, 0.2) is 5.82 Å². The van der Waals surface area contributed by atoms with Crippen LogP contribution in [0, 0.1) is 0 Å². The lowest BCUT2D eigenvalue weighted by Crippen LogP contribution is -2.15. The van der Waals surface area contributed by atoms with Crippen LogP contribution in [-0.4, -0.2) is 9.36 Å². The molecule has 2 nitrogen and oxygen atoms in total. The van der Waals surface area contributed by atoms with Crippen LogP contribution in [0.1, 0.15) is 115 Å². The fourth-order valence-electron chi connectivity index (χ4n) is 3.07. The summed E-state index contributed by atoms with van der Waals surface area (Å²) in [4.78, 5) is 4.71. The van der Waals surface area contributed by atoms with Gasteiger partial charge in [-0.2, -0.15) is 54.9 Å². The molecule has 0 aliphatic carbocycles. The van der Waals surface area contributed by atoms with Crippen LogP contribution < -0.4 is 0 Å². The third-order valence-electron chi connectivity index (χ3n) is 4.88. The van der Waals surface area contributed by atoms with Crippen molar-refractivity contribution < 1.29 is 0 Å². The number of nitrogens with zero attached hydrogens (tertiary/aromatic N) is 2. The molecule has 0 atom stereocenters. The molecule has 158 valence electrons. The van der Waals surface area contributed by atoms with Crippen LogP contribution in [0.25, 0.3) is 0 Å². The van der Waals surface area contributed by atoms with Crippen LogP contribution in [0.5, 0.6) is 0 Å². The second-order valence-corrected chi connectivity index (χ2v) is 12.1. The van der Waals surface area contributed by atoms with E-state index in [1.54, 1.807) is 0 Å². The highest BCUT2D eigenvalue weighted by molar-refractivity contribution is 8.00. The Morgan fingerprint density at radius 3 is 1.63 bits per heavy atom. The highest BCUT2D eigenvalue weighted by Gasteiger charge is 2.32. The molecule has 7 heteroatoms. The lowest BCUT2D eigenvalue weighted by molar-refractivity contribution is 0.569. The lowest BCUT2D eigenvalue weighted by Gasteiger charge is -2.21. The van der Waals surface area contributed by atoms with E-state index in [1.807, 2.05) is 0 Å². The molecule has 0 aromatic carbocycles. The summed E-state index contributed by atoms with van der Waals surface area (Å²) < 4.78 is 3.44. The normalized spacial score (nSPS) is 12.7. The van der Waals surface area contributed by atoms with Crippen LogP contribution in [0.2, 0.25) is 0 Å². The summed E-state index contributed by atoms with van der Waals surface area (Å²) in [6, 6.07) is 0. The summed E-state index contributed by atoms with van der Waals surface area (Å²) in [5.41, 5.74) is 0. The molecule has 0 unspecified atom stereocenters. The van der Waals surface area contributed by atoms with E-state index in [1.165, 1.54) is 75.7 Å². The standard InChI is InChI=1S/C20H38N2S5/c1-3-5-7-9-11-13-15-19(23,24)17-21-18(27-22-17)20(25,26)16-14-12-10-8-6-4-2/h23-26H,3-16H2,1-2H3. The molecule has 0 bridgehead atoms. The molecule has 0 amide bonds. The van der Waals surface area contributed by atoms with Crippen LogP contribution >= 0.6 is 62.0 Å². The first kappa shape index (κ1) is 26.0. The number of unbranched alkanes of at least 4 members (excludes halogenated alkanes) is 10. The van der Waals surface area contributed by atoms with Crippen LogP contribution in [0.15, 0.2) is 0 Å². The largest absolute Gasteiger partial charge is 0.220 e.